The first kappa shape index (κ1) is 17.2. The Hall–Kier alpha value is -2.23. The molecule has 4 rings (SSSR count). The van der Waals surface area contributed by atoms with E-state index in [4.69, 9.17) is 0 Å². The number of fused-ring (bicyclic) bond motifs is 1. The molecule has 0 radical (unpaired) electrons. The van der Waals surface area contributed by atoms with Gasteiger partial charge in [0.05, 0.1) is 29.2 Å². The molecule has 0 spiro atoms. The molecule has 6 heteroatoms. The minimum Gasteiger partial charge on any atom is -0.344 e. The Balaban J connectivity index is 1.67. The largest absolute Gasteiger partial charge is 0.344 e. The molecular formula is C20H16BrN3OS. The van der Waals surface area contributed by atoms with Gasteiger partial charge in [0.2, 0.25) is 5.91 Å². The number of anilines is 1. The first-order chi connectivity index (χ1) is 12.7. The molecule has 0 unspecified atom stereocenters. The molecule has 26 heavy (non-hydrogen) atoms. The predicted molar refractivity (Wildman–Crippen MR) is 107 cm³/mol. The Morgan fingerprint density at radius 3 is 2.54 bits per heavy atom. The highest BCUT2D eigenvalue weighted by Gasteiger charge is 2.38. The normalized spacial score (nSPS) is 20.0. The second kappa shape index (κ2) is 7.18. The number of carbonyl (C=O) groups is 1. The molecule has 0 saturated carbocycles. The van der Waals surface area contributed by atoms with Crippen LogP contribution in [-0.4, -0.2) is 23.4 Å². The quantitative estimate of drug-likeness (QED) is 0.701. The molecule has 0 bridgehead atoms. The van der Waals surface area contributed by atoms with Crippen molar-refractivity contribution in [3.05, 3.63) is 75.2 Å². The van der Waals surface area contributed by atoms with E-state index in [0.717, 1.165) is 26.6 Å². The van der Waals surface area contributed by atoms with E-state index < -0.39 is 0 Å². The van der Waals surface area contributed by atoms with Crippen molar-refractivity contribution in [1.82, 2.24) is 4.90 Å². The fourth-order valence-electron chi connectivity index (χ4n) is 3.34. The van der Waals surface area contributed by atoms with Crippen LogP contribution < -0.4 is 4.90 Å². The Labute approximate surface area is 165 Å². The number of allylic oxidation sites excluding steroid dienone is 1. The second-order valence-corrected chi connectivity index (χ2v) is 8.10. The molecule has 1 amide bonds. The van der Waals surface area contributed by atoms with Crippen molar-refractivity contribution in [2.75, 3.05) is 17.4 Å². The summed E-state index contributed by atoms with van der Waals surface area (Å²) >= 11 is 5.00. The van der Waals surface area contributed by atoms with E-state index in [1.54, 1.807) is 16.7 Å². The first-order valence-corrected chi connectivity index (χ1v) is 10.1. The van der Waals surface area contributed by atoms with Crippen LogP contribution in [0.4, 0.5) is 5.69 Å². The molecule has 2 aromatic rings. The van der Waals surface area contributed by atoms with Gasteiger partial charge in [-0.15, -0.1) is 0 Å². The average Bonchev–Trinajstić information content (AvgIpc) is 2.69. The number of benzene rings is 2. The summed E-state index contributed by atoms with van der Waals surface area (Å²) in [5, 5.41) is 10.6. The maximum absolute atomic E-state index is 12.9. The van der Waals surface area contributed by atoms with E-state index in [1.165, 1.54) is 0 Å². The van der Waals surface area contributed by atoms with Gasteiger partial charge < -0.3 is 4.90 Å². The third-order valence-electron chi connectivity index (χ3n) is 4.69. The predicted octanol–water partition coefficient (Wildman–Crippen LogP) is 4.67. The number of hydrogen-bond acceptors (Lipinski definition) is 4. The lowest BCUT2D eigenvalue weighted by Gasteiger charge is -2.42. The van der Waals surface area contributed by atoms with Gasteiger partial charge in [0, 0.05) is 22.5 Å². The van der Waals surface area contributed by atoms with E-state index in [9.17, 15) is 10.1 Å². The van der Waals surface area contributed by atoms with Crippen LogP contribution in [0.2, 0.25) is 0 Å². The van der Waals surface area contributed by atoms with E-state index in [0.29, 0.717) is 18.7 Å². The molecular weight excluding hydrogens is 410 g/mol. The number of hydrogen-bond donors (Lipinski definition) is 0. The summed E-state index contributed by atoms with van der Waals surface area (Å²) in [5.74, 6) is 0.629. The average molecular weight is 426 g/mol. The van der Waals surface area contributed by atoms with Crippen LogP contribution in [0.1, 0.15) is 17.9 Å². The minimum atomic E-state index is -0.164. The fraction of sp³-hybridized carbons (Fsp3) is 0.200. The van der Waals surface area contributed by atoms with E-state index in [1.807, 2.05) is 54.6 Å². The number of nitriles is 1. The SMILES string of the molecule is N#CC1=C2SCN(c3ccccc3)CN2C(=O)C[C@H]1c1ccc(Br)cc1. The summed E-state index contributed by atoms with van der Waals surface area (Å²) in [6, 6.07) is 20.3. The number of rotatable bonds is 2. The maximum atomic E-state index is 12.9. The highest BCUT2D eigenvalue weighted by atomic mass is 79.9. The van der Waals surface area contributed by atoms with Crippen LogP contribution in [0.25, 0.3) is 0 Å². The molecule has 0 aromatic heterocycles. The Morgan fingerprint density at radius 2 is 1.85 bits per heavy atom. The topological polar surface area (TPSA) is 47.3 Å². The number of thioether (sulfide) groups is 1. The van der Waals surface area contributed by atoms with Gasteiger partial charge in [-0.1, -0.05) is 58.0 Å². The number of amides is 1. The van der Waals surface area contributed by atoms with Crippen molar-refractivity contribution in [2.24, 2.45) is 0 Å². The van der Waals surface area contributed by atoms with Crippen LogP contribution in [0.15, 0.2) is 69.7 Å². The molecule has 2 aliphatic heterocycles. The molecule has 0 N–H and O–H groups in total. The van der Waals surface area contributed by atoms with Crippen molar-refractivity contribution < 1.29 is 4.79 Å². The molecule has 1 fully saturated rings. The fourth-order valence-corrected chi connectivity index (χ4v) is 4.78. The zero-order valence-corrected chi connectivity index (χ0v) is 16.3. The Kier molecular flexibility index (Phi) is 4.75. The Bertz CT molecular complexity index is 905. The van der Waals surface area contributed by atoms with E-state index in [2.05, 4.69) is 26.9 Å². The molecule has 0 aliphatic carbocycles. The first-order valence-electron chi connectivity index (χ1n) is 8.30. The van der Waals surface area contributed by atoms with E-state index in [-0.39, 0.29) is 11.8 Å². The standard InChI is InChI=1S/C20H16BrN3OS/c21-15-8-6-14(7-9-15)17-10-19(25)24-12-23(16-4-2-1-3-5-16)13-26-20(24)18(17)11-22/h1-9,17H,10,12-13H2/t17-/m0/s1. The summed E-state index contributed by atoms with van der Waals surface area (Å²) in [5.41, 5.74) is 2.79. The Morgan fingerprint density at radius 1 is 1.12 bits per heavy atom. The zero-order chi connectivity index (χ0) is 18.1. The van der Waals surface area contributed by atoms with Crippen LogP contribution in [-0.2, 0) is 4.79 Å². The van der Waals surface area contributed by atoms with Gasteiger partial charge in [-0.3, -0.25) is 9.69 Å². The van der Waals surface area contributed by atoms with Gasteiger partial charge in [0.1, 0.15) is 0 Å². The molecule has 2 aliphatic rings. The maximum Gasteiger partial charge on any atom is 0.229 e. The van der Waals surface area contributed by atoms with Gasteiger partial charge in [-0.2, -0.15) is 5.26 Å². The number of nitrogens with zero attached hydrogens (tertiary/aromatic N) is 3. The molecule has 4 nitrogen and oxygen atoms in total. The molecule has 130 valence electrons. The monoisotopic (exact) mass is 425 g/mol. The lowest BCUT2D eigenvalue weighted by atomic mass is 9.86. The van der Waals surface area contributed by atoms with Gasteiger partial charge in [-0.25, -0.2) is 0 Å². The van der Waals surface area contributed by atoms with Crippen molar-refractivity contribution in [3.8, 4) is 6.07 Å². The van der Waals surface area contributed by atoms with Crippen LogP contribution in [0.5, 0.6) is 0 Å². The highest BCUT2D eigenvalue weighted by Crippen LogP contribution is 2.43. The van der Waals surface area contributed by atoms with Crippen LogP contribution in [0.3, 0.4) is 0 Å². The van der Waals surface area contributed by atoms with Crippen LogP contribution >= 0.6 is 27.7 Å². The van der Waals surface area contributed by atoms with Gasteiger partial charge in [0.25, 0.3) is 0 Å². The number of para-hydroxylation sites is 1. The molecule has 1 atom stereocenters. The van der Waals surface area contributed by atoms with Gasteiger partial charge >= 0.3 is 0 Å². The van der Waals surface area contributed by atoms with Gasteiger partial charge in [-0.05, 0) is 29.8 Å². The number of carbonyl (C=O) groups excluding carboxylic acids is 1. The molecule has 1 saturated heterocycles. The lowest BCUT2D eigenvalue weighted by Crippen LogP contribution is -2.47. The van der Waals surface area contributed by atoms with Crippen molar-refractivity contribution in [3.63, 3.8) is 0 Å². The minimum absolute atomic E-state index is 0.0695. The van der Waals surface area contributed by atoms with Crippen LogP contribution in [0, 0.1) is 11.3 Å². The zero-order valence-electron chi connectivity index (χ0n) is 13.9. The third-order valence-corrected chi connectivity index (χ3v) is 6.37. The smallest absolute Gasteiger partial charge is 0.229 e. The van der Waals surface area contributed by atoms with Gasteiger partial charge in [0.15, 0.2) is 0 Å². The summed E-state index contributed by atoms with van der Waals surface area (Å²) in [7, 11) is 0. The summed E-state index contributed by atoms with van der Waals surface area (Å²) in [6.45, 7) is 0.490. The van der Waals surface area contributed by atoms with Crippen molar-refractivity contribution >= 4 is 39.3 Å². The number of halogens is 1. The third kappa shape index (κ3) is 3.13. The summed E-state index contributed by atoms with van der Waals surface area (Å²) in [4.78, 5) is 16.8. The van der Waals surface area contributed by atoms with E-state index >= 15 is 0 Å². The summed E-state index contributed by atoms with van der Waals surface area (Å²) < 4.78 is 0.988. The second-order valence-electron chi connectivity index (χ2n) is 6.25. The highest BCUT2D eigenvalue weighted by molar-refractivity contribution is 9.10. The molecule has 2 heterocycles. The molecule has 2 aromatic carbocycles. The van der Waals surface area contributed by atoms with Crippen molar-refractivity contribution in [2.45, 2.75) is 12.3 Å². The van der Waals surface area contributed by atoms with Crippen molar-refractivity contribution in [1.29, 1.82) is 5.26 Å². The summed E-state index contributed by atoms with van der Waals surface area (Å²) in [6.07, 6.45) is 0.331. The lowest BCUT2D eigenvalue weighted by molar-refractivity contribution is -0.129.